The van der Waals surface area contributed by atoms with Gasteiger partial charge in [0.05, 0.1) is 21.3 Å². The Kier molecular flexibility index (Phi) is 4.79. The molecule has 3 rings (SSSR count). The van der Waals surface area contributed by atoms with E-state index in [-0.39, 0.29) is 11.7 Å². The van der Waals surface area contributed by atoms with Gasteiger partial charge in [0, 0.05) is 18.7 Å². The van der Waals surface area contributed by atoms with Crippen LogP contribution in [-0.2, 0) is 13.0 Å². The summed E-state index contributed by atoms with van der Waals surface area (Å²) in [5.41, 5.74) is 2.44. The molecule has 2 aromatic rings. The molecule has 2 aromatic carbocycles. The van der Waals surface area contributed by atoms with Gasteiger partial charge in [-0.2, -0.15) is 0 Å². The van der Waals surface area contributed by atoms with Crippen LogP contribution in [-0.4, -0.2) is 38.7 Å². The summed E-state index contributed by atoms with van der Waals surface area (Å²) in [7, 11) is 4.57. The van der Waals surface area contributed by atoms with Crippen LogP contribution in [0.25, 0.3) is 0 Å². The van der Waals surface area contributed by atoms with Crippen LogP contribution in [0.4, 0.5) is 4.39 Å². The average molecular weight is 345 g/mol. The van der Waals surface area contributed by atoms with Crippen LogP contribution in [0, 0.1) is 5.82 Å². The molecule has 1 amide bonds. The highest BCUT2D eigenvalue weighted by Gasteiger charge is 2.24. The predicted molar refractivity (Wildman–Crippen MR) is 90.9 cm³/mol. The molecule has 1 heterocycles. The smallest absolute Gasteiger partial charge is 0.254 e. The Balaban J connectivity index is 1.84. The number of fused-ring (bicyclic) bond motifs is 1. The van der Waals surface area contributed by atoms with Gasteiger partial charge in [0.1, 0.15) is 0 Å². The SMILES string of the molecule is COc1ccc(C(=O)N2CCc3cc(OC)c(OC)cc3C2)cc1F. The summed E-state index contributed by atoms with van der Waals surface area (Å²) in [6.07, 6.45) is 0.708. The molecule has 0 aromatic heterocycles. The number of rotatable bonds is 4. The highest BCUT2D eigenvalue weighted by Crippen LogP contribution is 2.33. The molecular formula is C19H20FNO4. The normalized spacial score (nSPS) is 13.2. The molecule has 0 fully saturated rings. The molecule has 0 N–H and O–H groups in total. The number of nitrogens with zero attached hydrogens (tertiary/aromatic N) is 1. The first-order chi connectivity index (χ1) is 12.1. The molecule has 0 saturated carbocycles. The fourth-order valence-electron chi connectivity index (χ4n) is 3.04. The third-order valence-electron chi connectivity index (χ3n) is 4.40. The van der Waals surface area contributed by atoms with Gasteiger partial charge < -0.3 is 19.1 Å². The van der Waals surface area contributed by atoms with Crippen LogP contribution >= 0.6 is 0 Å². The lowest BCUT2D eigenvalue weighted by molar-refractivity contribution is 0.0734. The van der Waals surface area contributed by atoms with Gasteiger partial charge in [-0.25, -0.2) is 4.39 Å². The first-order valence-corrected chi connectivity index (χ1v) is 7.94. The van der Waals surface area contributed by atoms with Gasteiger partial charge in [0.25, 0.3) is 5.91 Å². The minimum atomic E-state index is -0.544. The Morgan fingerprint density at radius 3 is 2.20 bits per heavy atom. The molecule has 0 radical (unpaired) electrons. The number of ether oxygens (including phenoxy) is 3. The van der Waals surface area contributed by atoms with E-state index in [1.165, 1.54) is 19.2 Å². The Morgan fingerprint density at radius 1 is 0.960 bits per heavy atom. The van der Waals surface area contributed by atoms with Crippen molar-refractivity contribution in [3.63, 3.8) is 0 Å². The van der Waals surface area contributed by atoms with Crippen molar-refractivity contribution in [2.24, 2.45) is 0 Å². The zero-order valence-corrected chi connectivity index (χ0v) is 14.5. The van der Waals surface area contributed by atoms with E-state index in [2.05, 4.69) is 0 Å². The molecular weight excluding hydrogens is 325 g/mol. The number of halogens is 1. The van der Waals surface area contributed by atoms with Crippen LogP contribution in [0.5, 0.6) is 17.2 Å². The molecule has 6 heteroatoms. The highest BCUT2D eigenvalue weighted by molar-refractivity contribution is 5.94. The molecule has 1 aliphatic heterocycles. The van der Waals surface area contributed by atoms with E-state index >= 15 is 0 Å². The van der Waals surface area contributed by atoms with Crippen molar-refractivity contribution < 1.29 is 23.4 Å². The van der Waals surface area contributed by atoms with Crippen LogP contribution in [0.2, 0.25) is 0 Å². The zero-order chi connectivity index (χ0) is 18.0. The number of amides is 1. The van der Waals surface area contributed by atoms with Crippen LogP contribution in [0.3, 0.4) is 0 Å². The van der Waals surface area contributed by atoms with Crippen molar-refractivity contribution in [2.75, 3.05) is 27.9 Å². The van der Waals surface area contributed by atoms with Crippen LogP contribution in [0.1, 0.15) is 21.5 Å². The van der Waals surface area contributed by atoms with E-state index in [4.69, 9.17) is 14.2 Å². The average Bonchev–Trinajstić information content (AvgIpc) is 2.65. The number of benzene rings is 2. The van der Waals surface area contributed by atoms with Gasteiger partial charge in [-0.1, -0.05) is 0 Å². The topological polar surface area (TPSA) is 48.0 Å². The molecule has 0 bridgehead atoms. The lowest BCUT2D eigenvalue weighted by atomic mass is 9.98. The van der Waals surface area contributed by atoms with Crippen molar-refractivity contribution in [3.8, 4) is 17.2 Å². The maximum absolute atomic E-state index is 13.9. The first kappa shape index (κ1) is 17.1. The maximum Gasteiger partial charge on any atom is 0.254 e. The van der Waals surface area contributed by atoms with Gasteiger partial charge >= 0.3 is 0 Å². The van der Waals surface area contributed by atoms with Crippen molar-refractivity contribution in [1.82, 2.24) is 4.90 Å². The van der Waals surface area contributed by atoms with Crippen LogP contribution in [0.15, 0.2) is 30.3 Å². The fourth-order valence-corrected chi connectivity index (χ4v) is 3.04. The van der Waals surface area contributed by atoms with Gasteiger partial charge in [-0.15, -0.1) is 0 Å². The number of hydrogen-bond acceptors (Lipinski definition) is 4. The van der Waals surface area contributed by atoms with E-state index in [1.54, 1.807) is 25.2 Å². The summed E-state index contributed by atoms with van der Waals surface area (Å²) >= 11 is 0. The zero-order valence-electron chi connectivity index (χ0n) is 14.5. The molecule has 5 nitrogen and oxygen atoms in total. The van der Waals surface area contributed by atoms with Gasteiger partial charge in [0.15, 0.2) is 23.1 Å². The fraction of sp³-hybridized carbons (Fsp3) is 0.316. The molecule has 1 aliphatic rings. The Labute approximate surface area is 145 Å². The lowest BCUT2D eigenvalue weighted by Crippen LogP contribution is -2.36. The quantitative estimate of drug-likeness (QED) is 0.855. The summed E-state index contributed by atoms with van der Waals surface area (Å²) in [5.74, 6) is 0.681. The van der Waals surface area contributed by atoms with Gasteiger partial charge in [-0.05, 0) is 47.9 Å². The summed E-state index contributed by atoms with van der Waals surface area (Å²) in [5, 5.41) is 0. The van der Waals surface area contributed by atoms with E-state index < -0.39 is 5.82 Å². The van der Waals surface area contributed by atoms with Gasteiger partial charge in [0.2, 0.25) is 0 Å². The molecule has 0 saturated heterocycles. The highest BCUT2D eigenvalue weighted by atomic mass is 19.1. The Bertz CT molecular complexity index is 806. The standard InChI is InChI=1S/C19H20FNO4/c1-23-16-5-4-13(8-15(16)20)19(22)21-7-6-12-9-17(24-2)18(25-3)10-14(12)11-21/h4-5,8-10H,6-7,11H2,1-3H3. The predicted octanol–water partition coefficient (Wildman–Crippen LogP) is 3.05. The van der Waals surface area contributed by atoms with Gasteiger partial charge in [-0.3, -0.25) is 4.79 Å². The third-order valence-corrected chi connectivity index (χ3v) is 4.40. The maximum atomic E-state index is 13.9. The largest absolute Gasteiger partial charge is 0.494 e. The molecule has 0 atom stereocenters. The third kappa shape index (κ3) is 3.24. The second-order valence-electron chi connectivity index (χ2n) is 5.80. The van der Waals surface area contributed by atoms with E-state index in [9.17, 15) is 9.18 Å². The van der Waals surface area contributed by atoms with Crippen molar-refractivity contribution in [3.05, 3.63) is 52.8 Å². The molecule has 132 valence electrons. The second-order valence-corrected chi connectivity index (χ2v) is 5.80. The minimum Gasteiger partial charge on any atom is -0.494 e. The molecule has 0 aliphatic carbocycles. The molecule has 0 unspecified atom stereocenters. The lowest BCUT2D eigenvalue weighted by Gasteiger charge is -2.29. The molecule has 0 spiro atoms. The molecule has 25 heavy (non-hydrogen) atoms. The summed E-state index contributed by atoms with van der Waals surface area (Å²) in [6, 6.07) is 8.10. The van der Waals surface area contributed by atoms with E-state index in [1.807, 2.05) is 12.1 Å². The number of carbonyl (C=O) groups is 1. The van der Waals surface area contributed by atoms with Crippen molar-refractivity contribution in [2.45, 2.75) is 13.0 Å². The summed E-state index contributed by atoms with van der Waals surface area (Å²) in [4.78, 5) is 14.4. The first-order valence-electron chi connectivity index (χ1n) is 7.94. The van der Waals surface area contributed by atoms with E-state index in [0.29, 0.717) is 36.6 Å². The Hall–Kier alpha value is -2.76. The Morgan fingerprint density at radius 2 is 1.60 bits per heavy atom. The summed E-state index contributed by atoms with van der Waals surface area (Å²) < 4.78 is 29.4. The number of methoxy groups -OCH3 is 3. The van der Waals surface area contributed by atoms with Crippen LogP contribution < -0.4 is 14.2 Å². The monoisotopic (exact) mass is 345 g/mol. The van der Waals surface area contributed by atoms with Crippen molar-refractivity contribution >= 4 is 5.91 Å². The second kappa shape index (κ2) is 7.01. The van der Waals surface area contributed by atoms with Crippen molar-refractivity contribution in [1.29, 1.82) is 0 Å². The minimum absolute atomic E-state index is 0.123. The summed E-state index contributed by atoms with van der Waals surface area (Å²) in [6.45, 7) is 1.01. The number of carbonyl (C=O) groups excluding carboxylic acids is 1. The van der Waals surface area contributed by atoms with E-state index in [0.717, 1.165) is 11.1 Å². The number of hydrogen-bond donors (Lipinski definition) is 0.